The van der Waals surface area contributed by atoms with Gasteiger partial charge in [0.05, 0.1) is 16.2 Å². The van der Waals surface area contributed by atoms with Crippen LogP contribution in [0, 0.1) is 0 Å². The molecule has 0 bridgehead atoms. The summed E-state index contributed by atoms with van der Waals surface area (Å²) in [5.41, 5.74) is 2.22. The average molecular weight is 360 g/mol. The highest BCUT2D eigenvalue weighted by Crippen LogP contribution is 2.18. The standard InChI is InChI=1S/C19H24N2O3S/c1-4-13-25(23,24)18-8-6-5-7-17(18)19(22)20-14-15-9-11-16(12-10-15)21(2)3/h5-12H,4,13-14H2,1-3H3,(H,20,22). The Hall–Kier alpha value is -2.34. The Morgan fingerprint density at radius 2 is 1.68 bits per heavy atom. The molecule has 1 N–H and O–H groups in total. The number of hydrogen-bond acceptors (Lipinski definition) is 4. The first-order chi connectivity index (χ1) is 11.8. The van der Waals surface area contributed by atoms with Crippen molar-refractivity contribution in [3.8, 4) is 0 Å². The molecular weight excluding hydrogens is 336 g/mol. The normalized spacial score (nSPS) is 11.2. The Morgan fingerprint density at radius 3 is 2.28 bits per heavy atom. The summed E-state index contributed by atoms with van der Waals surface area (Å²) in [6.07, 6.45) is 0.510. The Morgan fingerprint density at radius 1 is 1.04 bits per heavy atom. The first-order valence-corrected chi connectivity index (χ1v) is 9.86. The fraction of sp³-hybridized carbons (Fsp3) is 0.316. The van der Waals surface area contributed by atoms with Gasteiger partial charge >= 0.3 is 0 Å². The Kier molecular flexibility index (Phi) is 6.20. The Labute approximate surface area is 149 Å². The molecule has 0 unspecified atom stereocenters. The van der Waals surface area contributed by atoms with E-state index in [1.54, 1.807) is 25.1 Å². The summed E-state index contributed by atoms with van der Waals surface area (Å²) in [5, 5.41) is 2.80. The second-order valence-corrected chi connectivity index (χ2v) is 8.14. The van der Waals surface area contributed by atoms with Gasteiger partial charge < -0.3 is 10.2 Å². The zero-order chi connectivity index (χ0) is 18.4. The van der Waals surface area contributed by atoms with Gasteiger partial charge in [-0.1, -0.05) is 31.2 Å². The van der Waals surface area contributed by atoms with E-state index in [9.17, 15) is 13.2 Å². The maximum Gasteiger partial charge on any atom is 0.252 e. The first-order valence-electron chi connectivity index (χ1n) is 8.21. The molecular formula is C19H24N2O3S. The molecule has 0 aromatic heterocycles. The van der Waals surface area contributed by atoms with Crippen LogP contribution in [0.2, 0.25) is 0 Å². The lowest BCUT2D eigenvalue weighted by molar-refractivity contribution is 0.0947. The molecule has 0 spiro atoms. The second kappa shape index (κ2) is 8.16. The summed E-state index contributed by atoms with van der Waals surface area (Å²) < 4.78 is 24.7. The number of nitrogens with zero attached hydrogens (tertiary/aromatic N) is 1. The predicted octanol–water partition coefficient (Wildman–Crippen LogP) is 2.87. The predicted molar refractivity (Wildman–Crippen MR) is 101 cm³/mol. The van der Waals surface area contributed by atoms with Crippen LogP contribution in [0.5, 0.6) is 0 Å². The molecule has 0 aliphatic heterocycles. The molecule has 134 valence electrons. The molecule has 5 nitrogen and oxygen atoms in total. The molecule has 0 heterocycles. The van der Waals surface area contributed by atoms with E-state index in [1.165, 1.54) is 6.07 Å². The quantitative estimate of drug-likeness (QED) is 0.824. The van der Waals surface area contributed by atoms with Crippen molar-refractivity contribution in [2.75, 3.05) is 24.7 Å². The molecule has 2 aromatic carbocycles. The number of nitrogens with one attached hydrogen (secondary N) is 1. The van der Waals surface area contributed by atoms with Crippen LogP contribution in [0.3, 0.4) is 0 Å². The number of carbonyl (C=O) groups is 1. The number of anilines is 1. The van der Waals surface area contributed by atoms with E-state index in [2.05, 4.69) is 5.32 Å². The van der Waals surface area contributed by atoms with Crippen molar-refractivity contribution in [3.63, 3.8) is 0 Å². The molecule has 0 radical (unpaired) electrons. The van der Waals surface area contributed by atoms with Gasteiger partial charge in [0.1, 0.15) is 0 Å². The van der Waals surface area contributed by atoms with Crippen molar-refractivity contribution in [2.24, 2.45) is 0 Å². The molecule has 6 heteroatoms. The van der Waals surface area contributed by atoms with Crippen LogP contribution in [0.25, 0.3) is 0 Å². The fourth-order valence-corrected chi connectivity index (χ4v) is 4.03. The average Bonchev–Trinajstić information content (AvgIpc) is 2.60. The summed E-state index contributed by atoms with van der Waals surface area (Å²) in [6.45, 7) is 2.15. The molecule has 0 saturated carbocycles. The van der Waals surface area contributed by atoms with Crippen molar-refractivity contribution >= 4 is 21.4 Å². The molecule has 25 heavy (non-hydrogen) atoms. The van der Waals surface area contributed by atoms with E-state index in [-0.39, 0.29) is 22.1 Å². The minimum atomic E-state index is -3.45. The number of amides is 1. The van der Waals surface area contributed by atoms with Gasteiger partial charge in [0.2, 0.25) is 0 Å². The van der Waals surface area contributed by atoms with Gasteiger partial charge in [-0.3, -0.25) is 4.79 Å². The lowest BCUT2D eigenvalue weighted by Gasteiger charge is -2.13. The number of rotatable bonds is 7. The molecule has 2 rings (SSSR count). The molecule has 0 aliphatic carbocycles. The minimum Gasteiger partial charge on any atom is -0.378 e. The van der Waals surface area contributed by atoms with E-state index in [1.807, 2.05) is 43.3 Å². The van der Waals surface area contributed by atoms with Gasteiger partial charge in [-0.25, -0.2) is 8.42 Å². The first kappa shape index (κ1) is 19.0. The van der Waals surface area contributed by atoms with E-state index < -0.39 is 9.84 Å². The fourth-order valence-electron chi connectivity index (χ4n) is 2.49. The molecule has 1 amide bonds. The van der Waals surface area contributed by atoms with Crippen LogP contribution in [-0.2, 0) is 16.4 Å². The van der Waals surface area contributed by atoms with E-state index >= 15 is 0 Å². The highest BCUT2D eigenvalue weighted by molar-refractivity contribution is 7.91. The maximum atomic E-state index is 12.5. The smallest absolute Gasteiger partial charge is 0.252 e. The van der Waals surface area contributed by atoms with Crippen molar-refractivity contribution in [1.82, 2.24) is 5.32 Å². The molecule has 0 atom stereocenters. The third-order valence-corrected chi connectivity index (χ3v) is 5.82. The van der Waals surface area contributed by atoms with E-state index in [0.717, 1.165) is 11.3 Å². The van der Waals surface area contributed by atoms with Crippen molar-refractivity contribution in [2.45, 2.75) is 24.8 Å². The number of hydrogen-bond donors (Lipinski definition) is 1. The van der Waals surface area contributed by atoms with Crippen molar-refractivity contribution in [3.05, 3.63) is 59.7 Å². The zero-order valence-corrected chi connectivity index (χ0v) is 15.6. The van der Waals surface area contributed by atoms with Gasteiger partial charge in [-0.2, -0.15) is 0 Å². The second-order valence-electron chi connectivity index (χ2n) is 6.06. The van der Waals surface area contributed by atoms with Gasteiger partial charge in [-0.15, -0.1) is 0 Å². The van der Waals surface area contributed by atoms with Gasteiger partial charge in [0, 0.05) is 26.3 Å². The maximum absolute atomic E-state index is 12.5. The summed E-state index contributed by atoms with van der Waals surface area (Å²) in [6, 6.07) is 14.2. The van der Waals surface area contributed by atoms with Crippen LogP contribution in [-0.4, -0.2) is 34.2 Å². The third kappa shape index (κ3) is 4.82. The summed E-state index contributed by atoms with van der Waals surface area (Å²) in [4.78, 5) is 14.6. The third-order valence-electron chi connectivity index (χ3n) is 3.85. The van der Waals surface area contributed by atoms with Crippen LogP contribution in [0.15, 0.2) is 53.4 Å². The lowest BCUT2D eigenvalue weighted by atomic mass is 10.1. The number of benzene rings is 2. The molecule has 0 aliphatic rings. The highest BCUT2D eigenvalue weighted by atomic mass is 32.2. The van der Waals surface area contributed by atoms with E-state index in [0.29, 0.717) is 13.0 Å². The molecule has 0 saturated heterocycles. The van der Waals surface area contributed by atoms with Gasteiger partial charge in [0.15, 0.2) is 9.84 Å². The zero-order valence-electron chi connectivity index (χ0n) is 14.8. The Bertz CT molecular complexity index is 828. The number of sulfone groups is 1. The summed E-state index contributed by atoms with van der Waals surface area (Å²) in [7, 11) is 0.475. The topological polar surface area (TPSA) is 66.5 Å². The van der Waals surface area contributed by atoms with Crippen molar-refractivity contribution < 1.29 is 13.2 Å². The molecule has 2 aromatic rings. The number of carbonyl (C=O) groups excluding carboxylic acids is 1. The molecule has 0 fully saturated rings. The van der Waals surface area contributed by atoms with Crippen LogP contribution in [0.4, 0.5) is 5.69 Å². The monoisotopic (exact) mass is 360 g/mol. The van der Waals surface area contributed by atoms with E-state index in [4.69, 9.17) is 0 Å². The largest absolute Gasteiger partial charge is 0.378 e. The van der Waals surface area contributed by atoms with Crippen LogP contribution >= 0.6 is 0 Å². The minimum absolute atomic E-state index is 0.0310. The SMILES string of the molecule is CCCS(=O)(=O)c1ccccc1C(=O)NCc1ccc(N(C)C)cc1. The summed E-state index contributed by atoms with van der Waals surface area (Å²) in [5.74, 6) is -0.351. The Balaban J connectivity index is 2.14. The highest BCUT2D eigenvalue weighted by Gasteiger charge is 2.21. The van der Waals surface area contributed by atoms with Crippen molar-refractivity contribution in [1.29, 1.82) is 0 Å². The van der Waals surface area contributed by atoms with Crippen LogP contribution in [0.1, 0.15) is 29.3 Å². The van der Waals surface area contributed by atoms with Gasteiger partial charge in [-0.05, 0) is 36.2 Å². The lowest BCUT2D eigenvalue weighted by Crippen LogP contribution is -2.25. The van der Waals surface area contributed by atoms with Gasteiger partial charge in [0.25, 0.3) is 5.91 Å². The summed E-state index contributed by atoms with van der Waals surface area (Å²) >= 11 is 0. The van der Waals surface area contributed by atoms with Crippen LogP contribution < -0.4 is 10.2 Å².